The van der Waals surface area contributed by atoms with Crippen molar-refractivity contribution < 1.29 is 13.9 Å². The van der Waals surface area contributed by atoms with Crippen LogP contribution in [0.1, 0.15) is 38.2 Å². The maximum atomic E-state index is 11.4. The number of thioether (sulfide) groups is 1. The van der Waals surface area contributed by atoms with E-state index in [9.17, 15) is 4.79 Å². The second-order valence-corrected chi connectivity index (χ2v) is 6.53. The quantitative estimate of drug-likeness (QED) is 0.617. The summed E-state index contributed by atoms with van der Waals surface area (Å²) in [4.78, 5) is 11.4. The lowest BCUT2D eigenvalue weighted by molar-refractivity contribution is -0.139. The van der Waals surface area contributed by atoms with Gasteiger partial charge < -0.3 is 9.15 Å². The van der Waals surface area contributed by atoms with E-state index in [1.54, 1.807) is 6.92 Å². The fourth-order valence-electron chi connectivity index (χ4n) is 2.20. The van der Waals surface area contributed by atoms with Gasteiger partial charge in [-0.1, -0.05) is 11.8 Å². The summed E-state index contributed by atoms with van der Waals surface area (Å²) >= 11 is 1.17. The van der Waals surface area contributed by atoms with Crippen LogP contribution in [0.3, 0.4) is 0 Å². The van der Waals surface area contributed by atoms with E-state index in [4.69, 9.17) is 4.42 Å². The minimum absolute atomic E-state index is 0.253. The molecule has 0 fully saturated rings. The molecule has 0 bridgehead atoms. The molecule has 1 unspecified atom stereocenters. The molecule has 2 rings (SSSR count). The molecule has 7 nitrogen and oxygen atoms in total. The summed E-state index contributed by atoms with van der Waals surface area (Å²) in [6.45, 7) is 9.75. The van der Waals surface area contributed by atoms with Crippen molar-refractivity contribution in [2.45, 2.75) is 51.1 Å². The molecule has 0 aromatic carbocycles. The summed E-state index contributed by atoms with van der Waals surface area (Å²) in [5.41, 5.74) is 2.67. The summed E-state index contributed by atoms with van der Waals surface area (Å²) in [5, 5.41) is 12.5. The van der Waals surface area contributed by atoms with Crippen LogP contribution in [-0.4, -0.2) is 38.3 Å². The van der Waals surface area contributed by atoms with Gasteiger partial charge in [0.2, 0.25) is 0 Å². The number of carbonyl (C=O) groups excluding carboxylic acids is 1. The molecular formula is C14H20N4O3S. The lowest BCUT2D eigenvalue weighted by atomic mass is 10.2. The van der Waals surface area contributed by atoms with Gasteiger partial charge in [-0.3, -0.25) is 9.48 Å². The molecule has 120 valence electrons. The Morgan fingerprint density at radius 1 is 1.27 bits per heavy atom. The minimum atomic E-state index is -0.404. The van der Waals surface area contributed by atoms with Crippen LogP contribution in [0.4, 0.5) is 0 Å². The number of carbonyl (C=O) groups is 1. The van der Waals surface area contributed by atoms with Crippen molar-refractivity contribution in [2.24, 2.45) is 0 Å². The summed E-state index contributed by atoms with van der Waals surface area (Å²) in [6, 6.07) is 0.253. The predicted octanol–water partition coefficient (Wildman–Crippen LogP) is 2.78. The highest BCUT2D eigenvalue weighted by Crippen LogP contribution is 2.31. The van der Waals surface area contributed by atoms with Crippen LogP contribution in [0, 0.1) is 13.8 Å². The average Bonchev–Trinajstić information content (AvgIpc) is 3.02. The van der Waals surface area contributed by atoms with Crippen molar-refractivity contribution in [3.05, 3.63) is 11.4 Å². The second-order valence-electron chi connectivity index (χ2n) is 5.24. The molecule has 0 aliphatic rings. The molecule has 0 saturated carbocycles. The molecule has 0 N–H and O–H groups in total. The third-order valence-corrected chi connectivity index (χ3v) is 4.16. The molecule has 0 radical (unpaired) electrons. The third kappa shape index (κ3) is 3.16. The van der Waals surface area contributed by atoms with Gasteiger partial charge in [0.25, 0.3) is 11.1 Å². The highest BCUT2D eigenvalue weighted by Gasteiger charge is 2.22. The second kappa shape index (κ2) is 6.51. The molecule has 2 aromatic heterocycles. The molecule has 0 amide bonds. The largest absolute Gasteiger partial charge is 0.468 e. The number of aryl methyl sites for hydroxylation is 1. The Morgan fingerprint density at radius 3 is 2.50 bits per heavy atom. The first-order valence-electron chi connectivity index (χ1n) is 6.99. The standard InChI is InChI=1S/C14H20N4O3S/c1-7(2)18-9(4)11(8(3)17-18)12-15-16-14(21-12)22-10(5)13(19)20-6/h7,10H,1-6H3. The number of rotatable bonds is 5. The van der Waals surface area contributed by atoms with Gasteiger partial charge in [0, 0.05) is 11.7 Å². The van der Waals surface area contributed by atoms with Crippen molar-refractivity contribution >= 4 is 17.7 Å². The lowest BCUT2D eigenvalue weighted by Crippen LogP contribution is -2.14. The van der Waals surface area contributed by atoms with Gasteiger partial charge in [0.15, 0.2) is 0 Å². The van der Waals surface area contributed by atoms with Crippen molar-refractivity contribution in [3.8, 4) is 11.5 Å². The van der Waals surface area contributed by atoms with Crippen LogP contribution in [0.25, 0.3) is 11.5 Å². The molecule has 1 atom stereocenters. The Labute approximate surface area is 133 Å². The Hall–Kier alpha value is -1.83. The number of hydrogen-bond donors (Lipinski definition) is 0. The first kappa shape index (κ1) is 16.5. The van der Waals surface area contributed by atoms with Crippen LogP contribution < -0.4 is 0 Å². The van der Waals surface area contributed by atoms with E-state index in [0.29, 0.717) is 11.1 Å². The van der Waals surface area contributed by atoms with Crippen LogP contribution in [-0.2, 0) is 9.53 Å². The van der Waals surface area contributed by atoms with Gasteiger partial charge in [-0.15, -0.1) is 10.2 Å². The smallest absolute Gasteiger partial charge is 0.319 e. The van der Waals surface area contributed by atoms with E-state index >= 15 is 0 Å². The highest BCUT2D eigenvalue weighted by atomic mass is 32.2. The van der Waals surface area contributed by atoms with E-state index in [0.717, 1.165) is 17.0 Å². The molecule has 0 saturated heterocycles. The summed E-state index contributed by atoms with van der Waals surface area (Å²) in [6.07, 6.45) is 0. The van der Waals surface area contributed by atoms with E-state index in [1.807, 2.05) is 18.5 Å². The topological polar surface area (TPSA) is 83.0 Å². The van der Waals surface area contributed by atoms with Gasteiger partial charge in [0.05, 0.1) is 18.4 Å². The van der Waals surface area contributed by atoms with Gasteiger partial charge in [-0.2, -0.15) is 5.10 Å². The summed E-state index contributed by atoms with van der Waals surface area (Å²) in [5.74, 6) is 0.0891. The van der Waals surface area contributed by atoms with Crippen molar-refractivity contribution in [1.29, 1.82) is 0 Å². The summed E-state index contributed by atoms with van der Waals surface area (Å²) in [7, 11) is 1.35. The Bertz CT molecular complexity index is 678. The fourth-order valence-corrected chi connectivity index (χ4v) is 2.91. The molecular weight excluding hydrogens is 304 g/mol. The normalized spacial score (nSPS) is 12.7. The number of esters is 1. The Balaban J connectivity index is 2.27. The number of nitrogens with zero attached hydrogens (tertiary/aromatic N) is 4. The maximum absolute atomic E-state index is 11.4. The zero-order chi connectivity index (χ0) is 16.4. The van der Waals surface area contributed by atoms with E-state index < -0.39 is 5.25 Å². The van der Waals surface area contributed by atoms with Crippen LogP contribution in [0.2, 0.25) is 0 Å². The van der Waals surface area contributed by atoms with Gasteiger partial charge in [-0.25, -0.2) is 0 Å². The minimum Gasteiger partial charge on any atom is -0.468 e. The van der Waals surface area contributed by atoms with Crippen molar-refractivity contribution in [1.82, 2.24) is 20.0 Å². The Kier molecular flexibility index (Phi) is 4.90. The van der Waals surface area contributed by atoms with Crippen LogP contribution >= 0.6 is 11.8 Å². The van der Waals surface area contributed by atoms with Crippen LogP contribution in [0.5, 0.6) is 0 Å². The lowest BCUT2D eigenvalue weighted by Gasteiger charge is -2.07. The van der Waals surface area contributed by atoms with Gasteiger partial charge in [0.1, 0.15) is 5.25 Å². The number of methoxy groups -OCH3 is 1. The van der Waals surface area contributed by atoms with Gasteiger partial charge in [-0.05, 0) is 34.6 Å². The zero-order valence-corrected chi connectivity index (χ0v) is 14.4. The molecule has 8 heteroatoms. The highest BCUT2D eigenvalue weighted by molar-refractivity contribution is 8.00. The first-order chi connectivity index (χ1) is 10.3. The molecule has 2 aromatic rings. The maximum Gasteiger partial charge on any atom is 0.319 e. The average molecular weight is 324 g/mol. The van der Waals surface area contributed by atoms with Crippen molar-refractivity contribution in [3.63, 3.8) is 0 Å². The zero-order valence-electron chi connectivity index (χ0n) is 13.6. The number of hydrogen-bond acceptors (Lipinski definition) is 7. The van der Waals surface area contributed by atoms with Gasteiger partial charge >= 0.3 is 5.97 Å². The number of aromatic nitrogens is 4. The first-order valence-corrected chi connectivity index (χ1v) is 7.87. The molecule has 2 heterocycles. The fraction of sp³-hybridized carbons (Fsp3) is 0.571. The molecule has 0 aliphatic carbocycles. The number of ether oxygens (including phenoxy) is 1. The van der Waals surface area contributed by atoms with Crippen LogP contribution in [0.15, 0.2) is 9.64 Å². The predicted molar refractivity (Wildman–Crippen MR) is 82.7 cm³/mol. The van der Waals surface area contributed by atoms with Crippen molar-refractivity contribution in [2.75, 3.05) is 7.11 Å². The SMILES string of the molecule is COC(=O)C(C)Sc1nnc(-c2c(C)nn(C(C)C)c2C)o1. The monoisotopic (exact) mass is 324 g/mol. The van der Waals surface area contributed by atoms with E-state index in [2.05, 4.69) is 33.9 Å². The van der Waals surface area contributed by atoms with E-state index in [-0.39, 0.29) is 12.0 Å². The summed E-state index contributed by atoms with van der Waals surface area (Å²) < 4.78 is 12.3. The molecule has 0 spiro atoms. The Morgan fingerprint density at radius 2 is 1.95 bits per heavy atom. The molecule has 22 heavy (non-hydrogen) atoms. The van der Waals surface area contributed by atoms with E-state index in [1.165, 1.54) is 18.9 Å². The third-order valence-electron chi connectivity index (χ3n) is 3.25. The molecule has 0 aliphatic heterocycles.